The predicted octanol–water partition coefficient (Wildman–Crippen LogP) is 1.41. The molecule has 2 N–H and O–H groups in total. The van der Waals surface area contributed by atoms with Gasteiger partial charge in [0.05, 0.1) is 22.8 Å². The second-order valence-corrected chi connectivity index (χ2v) is 4.20. The van der Waals surface area contributed by atoms with Gasteiger partial charge in [0.1, 0.15) is 0 Å². The number of aromatic nitrogens is 4. The van der Waals surface area contributed by atoms with E-state index in [0.29, 0.717) is 0 Å². The predicted molar refractivity (Wildman–Crippen MR) is 68.8 cm³/mol. The van der Waals surface area contributed by atoms with Crippen molar-refractivity contribution in [1.29, 1.82) is 0 Å². The summed E-state index contributed by atoms with van der Waals surface area (Å²) in [4.78, 5) is 8.51. The van der Waals surface area contributed by atoms with E-state index in [2.05, 4.69) is 15.1 Å². The molecule has 0 aliphatic heterocycles. The van der Waals surface area contributed by atoms with Gasteiger partial charge in [0.2, 0.25) is 0 Å². The number of rotatable bonds is 2. The SMILES string of the molecule is Cn1ccc(C(N)c2ccc3nccnc3c2)n1. The monoisotopic (exact) mass is 239 g/mol. The molecule has 0 bridgehead atoms. The van der Waals surface area contributed by atoms with Crippen LogP contribution in [0.3, 0.4) is 0 Å². The molecule has 1 aromatic carbocycles. The molecule has 2 heterocycles. The van der Waals surface area contributed by atoms with E-state index in [1.54, 1.807) is 17.1 Å². The highest BCUT2D eigenvalue weighted by Crippen LogP contribution is 2.20. The van der Waals surface area contributed by atoms with Gasteiger partial charge in [-0.2, -0.15) is 5.10 Å². The third-order valence-corrected chi connectivity index (χ3v) is 2.91. The Balaban J connectivity index is 2.03. The highest BCUT2D eigenvalue weighted by atomic mass is 15.3. The topological polar surface area (TPSA) is 69.6 Å². The maximum Gasteiger partial charge on any atom is 0.0890 e. The lowest BCUT2D eigenvalue weighted by Crippen LogP contribution is -2.13. The van der Waals surface area contributed by atoms with E-state index in [1.165, 1.54) is 0 Å². The van der Waals surface area contributed by atoms with Gasteiger partial charge >= 0.3 is 0 Å². The van der Waals surface area contributed by atoms with E-state index in [1.807, 2.05) is 37.5 Å². The van der Waals surface area contributed by atoms with Gasteiger partial charge in [-0.05, 0) is 23.8 Å². The average molecular weight is 239 g/mol. The molecule has 2 aromatic heterocycles. The first-order chi connectivity index (χ1) is 8.74. The minimum absolute atomic E-state index is 0.238. The number of nitrogens with two attached hydrogens (primary N) is 1. The summed E-state index contributed by atoms with van der Waals surface area (Å²) in [6, 6.07) is 7.54. The molecule has 0 radical (unpaired) electrons. The molecular formula is C13H13N5. The van der Waals surface area contributed by atoms with Gasteiger partial charge in [-0.25, -0.2) is 0 Å². The Morgan fingerprint density at radius 1 is 1.11 bits per heavy atom. The van der Waals surface area contributed by atoms with Crippen LogP contribution in [0.15, 0.2) is 42.9 Å². The molecular weight excluding hydrogens is 226 g/mol. The van der Waals surface area contributed by atoms with Crippen LogP contribution in [0, 0.1) is 0 Å². The molecule has 90 valence electrons. The highest BCUT2D eigenvalue weighted by Gasteiger charge is 2.12. The van der Waals surface area contributed by atoms with E-state index >= 15 is 0 Å². The third-order valence-electron chi connectivity index (χ3n) is 2.91. The molecule has 5 nitrogen and oxygen atoms in total. The fourth-order valence-electron chi connectivity index (χ4n) is 1.94. The third kappa shape index (κ3) is 1.84. The zero-order chi connectivity index (χ0) is 12.5. The Labute approximate surface area is 104 Å². The van der Waals surface area contributed by atoms with Gasteiger partial charge < -0.3 is 5.73 Å². The van der Waals surface area contributed by atoms with E-state index in [4.69, 9.17) is 5.73 Å². The van der Waals surface area contributed by atoms with Gasteiger partial charge in [0.15, 0.2) is 0 Å². The van der Waals surface area contributed by atoms with Crippen molar-refractivity contribution < 1.29 is 0 Å². The Hall–Kier alpha value is -2.27. The van der Waals surface area contributed by atoms with Gasteiger partial charge in [-0.15, -0.1) is 0 Å². The van der Waals surface area contributed by atoms with Crippen LogP contribution in [0.2, 0.25) is 0 Å². The zero-order valence-electron chi connectivity index (χ0n) is 9.99. The van der Waals surface area contributed by atoms with Gasteiger partial charge in [0.25, 0.3) is 0 Å². The lowest BCUT2D eigenvalue weighted by molar-refractivity contribution is 0.716. The molecule has 3 rings (SSSR count). The maximum atomic E-state index is 6.20. The Bertz CT molecular complexity index is 688. The Morgan fingerprint density at radius 2 is 1.89 bits per heavy atom. The van der Waals surface area contributed by atoms with Crippen molar-refractivity contribution in [2.75, 3.05) is 0 Å². The molecule has 1 atom stereocenters. The molecule has 0 aliphatic carbocycles. The minimum Gasteiger partial charge on any atom is -0.319 e. The number of hydrogen-bond acceptors (Lipinski definition) is 4. The van der Waals surface area contributed by atoms with Crippen LogP contribution in [0.1, 0.15) is 17.3 Å². The Morgan fingerprint density at radius 3 is 2.61 bits per heavy atom. The van der Waals surface area contributed by atoms with Crippen LogP contribution < -0.4 is 5.73 Å². The molecule has 0 fully saturated rings. The zero-order valence-corrected chi connectivity index (χ0v) is 9.99. The second-order valence-electron chi connectivity index (χ2n) is 4.20. The van der Waals surface area contributed by atoms with Gasteiger partial charge in [-0.3, -0.25) is 14.6 Å². The van der Waals surface area contributed by atoms with E-state index in [0.717, 1.165) is 22.3 Å². The van der Waals surface area contributed by atoms with Crippen molar-refractivity contribution in [2.45, 2.75) is 6.04 Å². The van der Waals surface area contributed by atoms with Crippen LogP contribution in [-0.2, 0) is 7.05 Å². The van der Waals surface area contributed by atoms with Crippen LogP contribution in [0.25, 0.3) is 11.0 Å². The van der Waals surface area contributed by atoms with E-state index < -0.39 is 0 Å². The van der Waals surface area contributed by atoms with Gasteiger partial charge in [0, 0.05) is 25.6 Å². The number of aryl methyl sites for hydroxylation is 1. The molecule has 3 aromatic rings. The summed E-state index contributed by atoms with van der Waals surface area (Å²) >= 11 is 0. The van der Waals surface area contributed by atoms with Crippen LogP contribution in [0.4, 0.5) is 0 Å². The lowest BCUT2D eigenvalue weighted by atomic mass is 10.0. The summed E-state index contributed by atoms with van der Waals surface area (Å²) in [5.41, 5.74) is 9.75. The summed E-state index contributed by atoms with van der Waals surface area (Å²) in [6.45, 7) is 0. The summed E-state index contributed by atoms with van der Waals surface area (Å²) in [5, 5.41) is 4.32. The molecule has 5 heteroatoms. The largest absolute Gasteiger partial charge is 0.319 e. The van der Waals surface area contributed by atoms with Crippen LogP contribution in [-0.4, -0.2) is 19.7 Å². The lowest BCUT2D eigenvalue weighted by Gasteiger charge is -2.09. The van der Waals surface area contributed by atoms with Crippen molar-refractivity contribution in [3.63, 3.8) is 0 Å². The molecule has 18 heavy (non-hydrogen) atoms. The van der Waals surface area contributed by atoms with Crippen molar-refractivity contribution >= 4 is 11.0 Å². The quantitative estimate of drug-likeness (QED) is 0.734. The summed E-state index contributed by atoms with van der Waals surface area (Å²) in [6.07, 6.45) is 5.25. The maximum absolute atomic E-state index is 6.20. The normalized spacial score (nSPS) is 12.8. The minimum atomic E-state index is -0.238. The van der Waals surface area contributed by atoms with Crippen molar-refractivity contribution in [3.05, 3.63) is 54.1 Å². The number of nitrogens with zero attached hydrogens (tertiary/aromatic N) is 4. The number of benzene rings is 1. The molecule has 0 aliphatic rings. The van der Waals surface area contributed by atoms with Crippen molar-refractivity contribution in [2.24, 2.45) is 12.8 Å². The fourth-order valence-corrected chi connectivity index (χ4v) is 1.94. The first-order valence-electron chi connectivity index (χ1n) is 5.70. The van der Waals surface area contributed by atoms with Gasteiger partial charge in [-0.1, -0.05) is 6.07 Å². The molecule has 0 saturated heterocycles. The fraction of sp³-hybridized carbons (Fsp3) is 0.154. The molecule has 0 saturated carbocycles. The summed E-state index contributed by atoms with van der Waals surface area (Å²) in [7, 11) is 1.88. The molecule has 0 spiro atoms. The van der Waals surface area contributed by atoms with Crippen LogP contribution in [0.5, 0.6) is 0 Å². The molecule has 0 amide bonds. The smallest absolute Gasteiger partial charge is 0.0890 e. The Kier molecular flexibility index (Phi) is 2.53. The van der Waals surface area contributed by atoms with E-state index in [9.17, 15) is 0 Å². The number of hydrogen-bond donors (Lipinski definition) is 1. The average Bonchev–Trinajstić information content (AvgIpc) is 2.84. The van der Waals surface area contributed by atoms with Crippen molar-refractivity contribution in [1.82, 2.24) is 19.7 Å². The second kappa shape index (κ2) is 4.19. The standard InChI is InChI=1S/C13H13N5/c1-18-7-4-11(17-18)13(14)9-2-3-10-12(8-9)16-6-5-15-10/h2-8,13H,14H2,1H3. The van der Waals surface area contributed by atoms with E-state index in [-0.39, 0.29) is 6.04 Å². The first-order valence-corrected chi connectivity index (χ1v) is 5.70. The van der Waals surface area contributed by atoms with Crippen molar-refractivity contribution in [3.8, 4) is 0 Å². The summed E-state index contributed by atoms with van der Waals surface area (Å²) in [5.74, 6) is 0. The molecule has 1 unspecified atom stereocenters. The first kappa shape index (κ1) is 10.9. The number of fused-ring (bicyclic) bond motifs is 1. The summed E-state index contributed by atoms with van der Waals surface area (Å²) < 4.78 is 1.75. The highest BCUT2D eigenvalue weighted by molar-refractivity contribution is 5.74. The van der Waals surface area contributed by atoms with Crippen LogP contribution >= 0.6 is 0 Å².